The van der Waals surface area contributed by atoms with Gasteiger partial charge in [-0.15, -0.1) is 0 Å². The minimum atomic E-state index is -4.34. The molecule has 1 aromatic rings. The van der Waals surface area contributed by atoms with Crippen molar-refractivity contribution < 1.29 is 23.1 Å². The Morgan fingerprint density at radius 1 is 1.50 bits per heavy atom. The van der Waals surface area contributed by atoms with Crippen molar-refractivity contribution in [3.63, 3.8) is 0 Å². The topological polar surface area (TPSA) is 58.4 Å². The quantitative estimate of drug-likeness (QED) is 0.860. The summed E-state index contributed by atoms with van der Waals surface area (Å²) in [5.41, 5.74) is 0.949. The molecular weight excluding hydrogens is 319 g/mol. The highest BCUT2D eigenvalue weighted by molar-refractivity contribution is 9.10. The lowest BCUT2D eigenvalue weighted by Gasteiger charge is -2.25. The van der Waals surface area contributed by atoms with E-state index in [4.69, 9.17) is 5.11 Å². The predicted molar refractivity (Wildman–Crippen MR) is 58.1 cm³/mol. The molecule has 0 atom stereocenters. The number of fused-ring (bicyclic) bond motifs is 1. The summed E-state index contributed by atoms with van der Waals surface area (Å²) in [4.78, 5) is 12.0. The zero-order valence-corrected chi connectivity index (χ0v) is 10.6. The van der Waals surface area contributed by atoms with Crippen LogP contribution in [0.3, 0.4) is 0 Å². The molecule has 0 saturated carbocycles. The van der Waals surface area contributed by atoms with Gasteiger partial charge in [-0.2, -0.15) is 18.3 Å². The maximum absolute atomic E-state index is 12.3. The van der Waals surface area contributed by atoms with Gasteiger partial charge in [0.2, 0.25) is 0 Å². The second kappa shape index (κ2) is 4.45. The molecule has 0 aliphatic carbocycles. The van der Waals surface area contributed by atoms with Crippen molar-refractivity contribution in [2.24, 2.45) is 0 Å². The molecule has 1 aliphatic rings. The summed E-state index contributed by atoms with van der Waals surface area (Å²) in [6, 6.07) is 0. The van der Waals surface area contributed by atoms with Crippen LogP contribution in [0.5, 0.6) is 0 Å². The number of carbonyl (C=O) groups is 1. The summed E-state index contributed by atoms with van der Waals surface area (Å²) in [6.45, 7) is -0.921. The average molecular weight is 328 g/mol. The molecule has 1 amide bonds. The Labute approximate surface area is 108 Å². The molecule has 100 valence electrons. The van der Waals surface area contributed by atoms with E-state index in [0.29, 0.717) is 11.3 Å². The van der Waals surface area contributed by atoms with E-state index in [-0.39, 0.29) is 24.1 Å². The van der Waals surface area contributed by atoms with Crippen molar-refractivity contribution in [2.75, 3.05) is 6.54 Å². The first-order chi connectivity index (χ1) is 8.28. The van der Waals surface area contributed by atoms with E-state index in [0.717, 1.165) is 9.58 Å². The average Bonchev–Trinajstić information content (AvgIpc) is 2.53. The van der Waals surface area contributed by atoms with Crippen molar-refractivity contribution in [2.45, 2.75) is 25.7 Å². The Bertz CT molecular complexity index is 486. The highest BCUT2D eigenvalue weighted by Crippen LogP contribution is 2.28. The zero-order chi connectivity index (χ0) is 13.5. The van der Waals surface area contributed by atoms with Crippen molar-refractivity contribution in [1.29, 1.82) is 0 Å². The lowest BCUT2D eigenvalue weighted by atomic mass is 10.1. The van der Waals surface area contributed by atoms with Crippen LogP contribution in [0.1, 0.15) is 11.3 Å². The molecule has 0 radical (unpaired) electrons. The van der Waals surface area contributed by atoms with Gasteiger partial charge in [0.05, 0.1) is 6.54 Å². The van der Waals surface area contributed by atoms with Crippen molar-refractivity contribution in [1.82, 2.24) is 14.7 Å². The van der Waals surface area contributed by atoms with E-state index in [1.165, 1.54) is 0 Å². The number of hydrogen-bond acceptors (Lipinski definition) is 2. The first kappa shape index (κ1) is 13.2. The Balaban J connectivity index is 2.29. The molecule has 18 heavy (non-hydrogen) atoms. The standard InChI is InChI=1S/C9H9BrF3N3O2/c10-7-5-3-15(8(17)18)2-1-6(5)16(14-7)4-9(11,12)13/h1-4H2,(H,17,18). The number of halogens is 4. The molecule has 2 rings (SSSR count). The molecule has 0 unspecified atom stereocenters. The van der Waals surface area contributed by atoms with E-state index in [2.05, 4.69) is 21.0 Å². The fourth-order valence-electron chi connectivity index (χ4n) is 1.91. The molecule has 0 spiro atoms. The third kappa shape index (κ3) is 2.60. The van der Waals surface area contributed by atoms with E-state index >= 15 is 0 Å². The van der Waals surface area contributed by atoms with Crippen LogP contribution >= 0.6 is 15.9 Å². The van der Waals surface area contributed by atoms with Crippen molar-refractivity contribution in [3.05, 3.63) is 15.9 Å². The van der Waals surface area contributed by atoms with Crippen LogP contribution in [0.4, 0.5) is 18.0 Å². The summed E-state index contributed by atoms with van der Waals surface area (Å²) < 4.78 is 38.2. The largest absolute Gasteiger partial charge is 0.465 e. The SMILES string of the molecule is O=C(O)N1CCc2c(c(Br)nn2CC(F)(F)F)C1. The van der Waals surface area contributed by atoms with Crippen LogP contribution in [0.2, 0.25) is 0 Å². The van der Waals surface area contributed by atoms with Gasteiger partial charge in [0.25, 0.3) is 0 Å². The van der Waals surface area contributed by atoms with Gasteiger partial charge in [-0.05, 0) is 15.9 Å². The maximum Gasteiger partial charge on any atom is 0.408 e. The number of alkyl halides is 3. The lowest BCUT2D eigenvalue weighted by molar-refractivity contribution is -0.143. The molecule has 0 saturated heterocycles. The van der Waals surface area contributed by atoms with E-state index in [1.807, 2.05) is 0 Å². The van der Waals surface area contributed by atoms with Crippen LogP contribution in [-0.4, -0.2) is 38.6 Å². The van der Waals surface area contributed by atoms with E-state index < -0.39 is 18.8 Å². The molecule has 0 bridgehead atoms. The molecule has 1 aromatic heterocycles. The minimum absolute atomic E-state index is 0.0586. The molecule has 1 N–H and O–H groups in total. The van der Waals surface area contributed by atoms with Gasteiger partial charge in [-0.3, -0.25) is 4.68 Å². The number of carboxylic acid groups (broad SMARTS) is 1. The second-order valence-corrected chi connectivity index (χ2v) is 4.69. The molecule has 5 nitrogen and oxygen atoms in total. The first-order valence-electron chi connectivity index (χ1n) is 5.06. The van der Waals surface area contributed by atoms with Crippen molar-refractivity contribution >= 4 is 22.0 Å². The maximum atomic E-state index is 12.3. The van der Waals surface area contributed by atoms with Crippen LogP contribution in [-0.2, 0) is 19.5 Å². The van der Waals surface area contributed by atoms with Crippen LogP contribution in [0, 0.1) is 0 Å². The summed E-state index contributed by atoms with van der Waals surface area (Å²) >= 11 is 3.07. The third-order valence-electron chi connectivity index (χ3n) is 2.68. The Hall–Kier alpha value is -1.25. The van der Waals surface area contributed by atoms with Crippen LogP contribution in [0.15, 0.2) is 4.60 Å². The normalized spacial score (nSPS) is 15.7. The number of amides is 1. The van der Waals surface area contributed by atoms with Crippen molar-refractivity contribution in [3.8, 4) is 0 Å². The van der Waals surface area contributed by atoms with Gasteiger partial charge in [-0.1, -0.05) is 0 Å². The molecule has 2 heterocycles. The smallest absolute Gasteiger partial charge is 0.408 e. The summed E-state index contributed by atoms with van der Waals surface area (Å²) in [7, 11) is 0. The summed E-state index contributed by atoms with van der Waals surface area (Å²) in [5.74, 6) is 0. The number of nitrogens with zero attached hydrogens (tertiary/aromatic N) is 3. The van der Waals surface area contributed by atoms with Gasteiger partial charge < -0.3 is 10.0 Å². The summed E-state index contributed by atoms with van der Waals surface area (Å²) in [5, 5.41) is 12.6. The number of hydrogen-bond donors (Lipinski definition) is 1. The van der Waals surface area contributed by atoms with Crippen LogP contribution < -0.4 is 0 Å². The number of rotatable bonds is 1. The second-order valence-electron chi connectivity index (χ2n) is 3.94. The Kier molecular flexibility index (Phi) is 3.26. The molecule has 1 aliphatic heterocycles. The molecule has 9 heteroatoms. The monoisotopic (exact) mass is 327 g/mol. The summed E-state index contributed by atoms with van der Waals surface area (Å²) in [6.07, 6.45) is -5.20. The molecule has 0 aromatic carbocycles. The highest BCUT2D eigenvalue weighted by Gasteiger charge is 2.33. The van der Waals surface area contributed by atoms with E-state index in [9.17, 15) is 18.0 Å². The first-order valence-corrected chi connectivity index (χ1v) is 5.86. The fraction of sp³-hybridized carbons (Fsp3) is 0.556. The fourth-order valence-corrected chi connectivity index (χ4v) is 2.46. The predicted octanol–water partition coefficient (Wildman–Crippen LogP) is 2.24. The lowest BCUT2D eigenvalue weighted by Crippen LogP contribution is -2.35. The van der Waals surface area contributed by atoms with Crippen LogP contribution in [0.25, 0.3) is 0 Å². The third-order valence-corrected chi connectivity index (χ3v) is 3.32. The van der Waals surface area contributed by atoms with Gasteiger partial charge in [0.15, 0.2) is 0 Å². The Morgan fingerprint density at radius 3 is 2.72 bits per heavy atom. The van der Waals surface area contributed by atoms with Gasteiger partial charge in [-0.25, -0.2) is 4.79 Å². The van der Waals surface area contributed by atoms with Gasteiger partial charge in [0, 0.05) is 24.2 Å². The highest BCUT2D eigenvalue weighted by atomic mass is 79.9. The minimum Gasteiger partial charge on any atom is -0.465 e. The van der Waals surface area contributed by atoms with Gasteiger partial charge in [0.1, 0.15) is 11.1 Å². The molecular formula is C9H9BrF3N3O2. The molecule has 0 fully saturated rings. The van der Waals surface area contributed by atoms with E-state index in [1.54, 1.807) is 0 Å². The van der Waals surface area contributed by atoms with Gasteiger partial charge >= 0.3 is 12.3 Å². The Morgan fingerprint density at radius 2 is 2.17 bits per heavy atom. The zero-order valence-electron chi connectivity index (χ0n) is 9.04. The number of aromatic nitrogens is 2.